The predicted octanol–water partition coefficient (Wildman–Crippen LogP) is 2.77. The van der Waals surface area contributed by atoms with Crippen molar-refractivity contribution in [3.63, 3.8) is 0 Å². The molecular formula is C24H21N3O9. The number of aromatic nitrogens is 2. The molecule has 1 N–H and O–H groups in total. The van der Waals surface area contributed by atoms with Crippen molar-refractivity contribution in [2.45, 2.75) is 12.0 Å². The van der Waals surface area contributed by atoms with E-state index in [1.54, 1.807) is 16.7 Å². The second-order valence-electron chi connectivity index (χ2n) is 8.79. The van der Waals surface area contributed by atoms with Crippen molar-refractivity contribution in [2.24, 2.45) is 11.8 Å². The molecule has 12 heteroatoms. The molecule has 1 aromatic heterocycles. The third kappa shape index (κ3) is 3.13. The Labute approximate surface area is 204 Å². The molecule has 0 unspecified atom stereocenters. The topological polar surface area (TPSA) is 144 Å². The maximum atomic E-state index is 13.2. The van der Waals surface area contributed by atoms with Gasteiger partial charge in [0.2, 0.25) is 18.9 Å². The molecule has 0 bridgehead atoms. The molecule has 186 valence electrons. The molecule has 2 aromatic carbocycles. The first-order valence-electron chi connectivity index (χ1n) is 11.1. The average molecular weight is 495 g/mol. The van der Waals surface area contributed by atoms with Crippen LogP contribution in [0.1, 0.15) is 28.7 Å². The number of rotatable bonds is 5. The van der Waals surface area contributed by atoms with Gasteiger partial charge in [0.25, 0.3) is 0 Å². The van der Waals surface area contributed by atoms with E-state index in [-0.39, 0.29) is 48.4 Å². The number of methoxy groups -OCH3 is 2. The van der Waals surface area contributed by atoms with E-state index in [4.69, 9.17) is 23.7 Å². The number of nitro groups is 1. The highest BCUT2D eigenvalue weighted by Crippen LogP contribution is 2.56. The zero-order valence-corrected chi connectivity index (χ0v) is 19.2. The van der Waals surface area contributed by atoms with Crippen LogP contribution in [-0.2, 0) is 9.53 Å². The molecule has 3 heterocycles. The summed E-state index contributed by atoms with van der Waals surface area (Å²) in [4.78, 5) is 27.9. The Kier molecular flexibility index (Phi) is 4.92. The Morgan fingerprint density at radius 2 is 1.75 bits per heavy atom. The van der Waals surface area contributed by atoms with E-state index >= 15 is 0 Å². The number of cyclic esters (lactones) is 1. The summed E-state index contributed by atoms with van der Waals surface area (Å²) in [6.45, 7) is 0.177. The smallest absolute Gasteiger partial charge is 0.381 e. The molecule has 0 spiro atoms. The first-order valence-corrected chi connectivity index (χ1v) is 11.1. The molecule has 6 rings (SSSR count). The van der Waals surface area contributed by atoms with Crippen LogP contribution in [0.15, 0.2) is 36.8 Å². The van der Waals surface area contributed by atoms with Crippen LogP contribution in [0.5, 0.6) is 28.7 Å². The number of benzene rings is 2. The third-order valence-corrected chi connectivity index (χ3v) is 7.11. The van der Waals surface area contributed by atoms with E-state index in [1.165, 1.54) is 26.7 Å². The lowest BCUT2D eigenvalue weighted by Gasteiger charge is -2.39. The molecule has 3 aliphatic rings. The largest absolute Gasteiger partial charge is 0.502 e. The molecule has 1 aliphatic carbocycles. The summed E-state index contributed by atoms with van der Waals surface area (Å²) in [5.74, 6) is -0.893. The zero-order valence-electron chi connectivity index (χ0n) is 19.2. The van der Waals surface area contributed by atoms with Crippen molar-refractivity contribution >= 4 is 11.8 Å². The van der Waals surface area contributed by atoms with Crippen LogP contribution >= 0.6 is 0 Å². The monoisotopic (exact) mass is 495 g/mol. The molecule has 2 aliphatic heterocycles. The van der Waals surface area contributed by atoms with E-state index in [0.717, 1.165) is 11.1 Å². The van der Waals surface area contributed by atoms with Gasteiger partial charge in [0.1, 0.15) is 6.20 Å². The predicted molar refractivity (Wildman–Crippen MR) is 121 cm³/mol. The van der Waals surface area contributed by atoms with Gasteiger partial charge in [0, 0.05) is 11.8 Å². The summed E-state index contributed by atoms with van der Waals surface area (Å²) >= 11 is 0. The Bertz CT molecular complexity index is 1380. The lowest BCUT2D eigenvalue weighted by atomic mass is 9.65. The van der Waals surface area contributed by atoms with Crippen molar-refractivity contribution in [2.75, 3.05) is 27.6 Å². The number of carbonyl (C=O) groups excluding carboxylic acids is 1. The molecule has 0 saturated carbocycles. The Morgan fingerprint density at radius 3 is 2.36 bits per heavy atom. The minimum absolute atomic E-state index is 0.0554. The van der Waals surface area contributed by atoms with Gasteiger partial charge in [-0.15, -0.1) is 0 Å². The number of carbonyl (C=O) groups is 1. The summed E-state index contributed by atoms with van der Waals surface area (Å²) in [5.41, 5.74) is 2.23. The van der Waals surface area contributed by atoms with Crippen LogP contribution in [0, 0.1) is 22.0 Å². The number of fused-ring (bicyclic) bond motifs is 3. The van der Waals surface area contributed by atoms with Crippen LogP contribution in [0.25, 0.3) is 0 Å². The highest BCUT2D eigenvalue weighted by Gasteiger charge is 2.53. The number of aromatic hydroxyl groups is 1. The van der Waals surface area contributed by atoms with Crippen LogP contribution in [0.3, 0.4) is 0 Å². The molecular weight excluding hydrogens is 474 g/mol. The van der Waals surface area contributed by atoms with E-state index in [0.29, 0.717) is 17.1 Å². The van der Waals surface area contributed by atoms with Crippen molar-refractivity contribution < 1.29 is 38.5 Å². The SMILES string of the molecule is COc1cc([C@@H]2c3cc4c(cc3[C@@H](n3cnc([N+](=O)[O-])c3)[C@H]3COC(=O)[C@H]23)OCO4)cc(OC)c1O. The van der Waals surface area contributed by atoms with Gasteiger partial charge in [-0.25, -0.2) is 0 Å². The fourth-order valence-corrected chi connectivity index (χ4v) is 5.58. The molecule has 4 atom stereocenters. The number of esters is 1. The fourth-order valence-electron chi connectivity index (χ4n) is 5.58. The second kappa shape index (κ2) is 8.04. The minimum atomic E-state index is -0.636. The lowest BCUT2D eigenvalue weighted by Crippen LogP contribution is -2.37. The van der Waals surface area contributed by atoms with Crippen LogP contribution in [0.2, 0.25) is 0 Å². The van der Waals surface area contributed by atoms with E-state index in [9.17, 15) is 20.0 Å². The van der Waals surface area contributed by atoms with Gasteiger partial charge >= 0.3 is 11.8 Å². The normalized spacial score (nSPS) is 23.6. The number of hydrogen-bond donors (Lipinski definition) is 1. The van der Waals surface area contributed by atoms with Gasteiger partial charge < -0.3 is 43.5 Å². The number of ether oxygens (including phenoxy) is 5. The van der Waals surface area contributed by atoms with Crippen LogP contribution in [-0.4, -0.2) is 53.2 Å². The quantitative estimate of drug-likeness (QED) is 0.319. The zero-order chi connectivity index (χ0) is 25.1. The van der Waals surface area contributed by atoms with Gasteiger partial charge in [0.05, 0.1) is 32.8 Å². The Balaban J connectivity index is 1.60. The second-order valence-corrected chi connectivity index (χ2v) is 8.79. The Hall–Kier alpha value is -4.48. The number of phenols is 1. The highest BCUT2D eigenvalue weighted by atomic mass is 16.7. The lowest BCUT2D eigenvalue weighted by molar-refractivity contribution is -0.389. The number of hydrogen-bond acceptors (Lipinski definition) is 10. The van der Waals surface area contributed by atoms with Gasteiger partial charge in [-0.05, 0) is 50.9 Å². The summed E-state index contributed by atoms with van der Waals surface area (Å²) in [5, 5.41) is 21.8. The molecule has 36 heavy (non-hydrogen) atoms. The summed E-state index contributed by atoms with van der Waals surface area (Å²) in [6.07, 6.45) is 2.75. The summed E-state index contributed by atoms with van der Waals surface area (Å²) in [6, 6.07) is 6.53. The number of imidazole rings is 1. The Morgan fingerprint density at radius 1 is 1.08 bits per heavy atom. The van der Waals surface area contributed by atoms with Crippen molar-refractivity contribution in [3.8, 4) is 28.7 Å². The standard InChI is InChI=1S/C24H21N3O9/c1-32-17-3-11(4-18(33-2)23(17)28)20-12-5-15-16(36-10-35-15)6-13(12)22(14-8-34-24(29)21(14)20)26-7-19(25-9-26)27(30)31/h3-7,9,14,20-22,28H,8,10H2,1-2H3/t14-,20+,21-,22+/m0/s1. The van der Waals surface area contributed by atoms with Crippen molar-refractivity contribution in [3.05, 3.63) is 63.6 Å². The van der Waals surface area contributed by atoms with Gasteiger partial charge in [0.15, 0.2) is 23.0 Å². The fraction of sp³-hybridized carbons (Fsp3) is 0.333. The van der Waals surface area contributed by atoms with Gasteiger partial charge in [-0.2, -0.15) is 0 Å². The highest BCUT2D eigenvalue weighted by molar-refractivity contribution is 5.79. The molecule has 0 radical (unpaired) electrons. The minimum Gasteiger partial charge on any atom is -0.502 e. The first-order chi connectivity index (χ1) is 17.4. The average Bonchev–Trinajstić information content (AvgIpc) is 3.62. The molecule has 12 nitrogen and oxygen atoms in total. The molecule has 1 fully saturated rings. The number of phenolic OH excluding ortho intramolecular Hbond substituents is 1. The van der Waals surface area contributed by atoms with Gasteiger partial charge in [-0.3, -0.25) is 4.79 Å². The molecule has 3 aromatic rings. The maximum absolute atomic E-state index is 13.2. The summed E-state index contributed by atoms with van der Waals surface area (Å²) in [7, 11) is 2.86. The van der Waals surface area contributed by atoms with Crippen LogP contribution < -0.4 is 18.9 Å². The van der Waals surface area contributed by atoms with Gasteiger partial charge in [-0.1, -0.05) is 0 Å². The van der Waals surface area contributed by atoms with E-state index in [1.807, 2.05) is 12.1 Å². The molecule has 0 amide bonds. The molecule has 1 saturated heterocycles. The van der Waals surface area contributed by atoms with Crippen molar-refractivity contribution in [1.82, 2.24) is 9.55 Å². The van der Waals surface area contributed by atoms with Crippen molar-refractivity contribution in [1.29, 1.82) is 0 Å². The number of nitrogens with zero attached hydrogens (tertiary/aromatic N) is 3. The maximum Gasteiger partial charge on any atom is 0.381 e. The van der Waals surface area contributed by atoms with E-state index < -0.39 is 22.8 Å². The van der Waals surface area contributed by atoms with E-state index in [2.05, 4.69) is 4.98 Å². The summed E-state index contributed by atoms with van der Waals surface area (Å²) < 4.78 is 29.2. The third-order valence-electron chi connectivity index (χ3n) is 7.11. The van der Waals surface area contributed by atoms with Crippen LogP contribution in [0.4, 0.5) is 5.82 Å². The first kappa shape index (κ1) is 22.0.